The van der Waals surface area contributed by atoms with E-state index >= 15 is 0 Å². The maximum Gasteiger partial charge on any atom is 0.330 e. The Hall–Kier alpha value is -2.68. The summed E-state index contributed by atoms with van der Waals surface area (Å²) in [5, 5.41) is 3.30. The van der Waals surface area contributed by atoms with E-state index in [2.05, 4.69) is 22.8 Å². The molecule has 0 bridgehead atoms. The van der Waals surface area contributed by atoms with Gasteiger partial charge < -0.3 is 14.8 Å². The molecule has 2 aliphatic heterocycles. The van der Waals surface area contributed by atoms with Gasteiger partial charge in [0.05, 0.1) is 6.20 Å². The summed E-state index contributed by atoms with van der Waals surface area (Å²) in [5.74, 6) is 4.17. The second-order valence-electron chi connectivity index (χ2n) is 8.63. The third-order valence-corrected chi connectivity index (χ3v) is 8.61. The summed E-state index contributed by atoms with van der Waals surface area (Å²) in [7, 11) is 1.14. The van der Waals surface area contributed by atoms with Gasteiger partial charge >= 0.3 is 5.69 Å². The Labute approximate surface area is 176 Å². The second-order valence-corrected chi connectivity index (χ2v) is 12.9. The highest BCUT2D eigenvalue weighted by molar-refractivity contribution is 8.32. The molecule has 2 aliphatic rings. The summed E-state index contributed by atoms with van der Waals surface area (Å²) in [5.41, 5.74) is 3.29. The predicted molar refractivity (Wildman–Crippen MR) is 121 cm³/mol. The average molecular weight is 430 g/mol. The molecule has 4 heterocycles. The van der Waals surface area contributed by atoms with Crippen molar-refractivity contribution in [2.75, 3.05) is 42.5 Å². The zero-order valence-electron chi connectivity index (χ0n) is 17.8. The fraction of sp³-hybridized carbons (Fsp3) is 0.476. The Morgan fingerprint density at radius 1 is 1.20 bits per heavy atom. The molecule has 1 fully saturated rings. The first-order valence-corrected chi connectivity index (χ1v) is 12.9. The van der Waals surface area contributed by atoms with Crippen LogP contribution in [-0.2, 0) is 7.05 Å². The number of aromatic nitrogens is 4. The van der Waals surface area contributed by atoms with E-state index < -0.39 is 10.0 Å². The minimum Gasteiger partial charge on any atom is -0.486 e. The van der Waals surface area contributed by atoms with Crippen LogP contribution in [0.2, 0.25) is 0 Å². The number of imidazole rings is 1. The molecule has 3 aromatic rings. The molecule has 1 saturated heterocycles. The molecule has 0 aliphatic carbocycles. The van der Waals surface area contributed by atoms with Crippen molar-refractivity contribution >= 4 is 32.8 Å². The van der Waals surface area contributed by atoms with Crippen molar-refractivity contribution in [1.82, 2.24) is 19.1 Å². The molecule has 1 aromatic carbocycles. The standard InChI is InChI=1S/C21H27N5O3S/c1-13-9-17-18(29-7-6-28-17)10-15(13)23-20-22-11-16-19(24-20)26(21(27)25(16)2)14-5-8-30(3,4)12-14/h9-11,14H,5-8,12H2,1-4H3,(H,22,23,24). The number of ether oxygens (including phenoxy) is 2. The summed E-state index contributed by atoms with van der Waals surface area (Å²) in [4.78, 5) is 22.2. The summed E-state index contributed by atoms with van der Waals surface area (Å²) in [6.45, 7) is 3.10. The molecular formula is C21H27N5O3S. The van der Waals surface area contributed by atoms with Gasteiger partial charge in [0, 0.05) is 24.8 Å². The summed E-state index contributed by atoms with van der Waals surface area (Å²) in [6.07, 6.45) is 7.43. The Morgan fingerprint density at radius 2 is 1.93 bits per heavy atom. The fourth-order valence-corrected chi connectivity index (χ4v) is 6.75. The third-order valence-electron chi connectivity index (χ3n) is 5.98. The normalized spacial score (nSPS) is 21.0. The highest BCUT2D eigenvalue weighted by Gasteiger charge is 2.31. The molecule has 0 saturated carbocycles. The molecule has 1 N–H and O–H groups in total. The van der Waals surface area contributed by atoms with Crippen LogP contribution in [0.1, 0.15) is 18.0 Å². The maximum absolute atomic E-state index is 13.0. The van der Waals surface area contributed by atoms with Crippen molar-refractivity contribution in [3.8, 4) is 11.5 Å². The van der Waals surface area contributed by atoms with Crippen LogP contribution in [0.4, 0.5) is 11.6 Å². The predicted octanol–water partition coefficient (Wildman–Crippen LogP) is 2.96. The SMILES string of the molecule is Cc1cc2c(cc1Nc1ncc3c(n1)n(C1CCS(C)(C)C1)c(=O)n3C)OCCO2. The van der Waals surface area contributed by atoms with E-state index in [9.17, 15) is 4.79 Å². The van der Waals surface area contributed by atoms with E-state index in [0.29, 0.717) is 30.6 Å². The van der Waals surface area contributed by atoms with Gasteiger partial charge in [0.25, 0.3) is 0 Å². The van der Waals surface area contributed by atoms with Crippen molar-refractivity contribution in [2.24, 2.45) is 7.05 Å². The minimum absolute atomic E-state index is 0.0194. The van der Waals surface area contributed by atoms with Gasteiger partial charge in [-0.05, 0) is 49.0 Å². The molecule has 2 aromatic heterocycles. The second kappa shape index (κ2) is 6.94. The molecule has 0 spiro atoms. The highest BCUT2D eigenvalue weighted by atomic mass is 32.3. The maximum atomic E-state index is 13.0. The summed E-state index contributed by atoms with van der Waals surface area (Å²) < 4.78 is 14.9. The van der Waals surface area contributed by atoms with Crippen molar-refractivity contribution in [3.63, 3.8) is 0 Å². The number of hydrogen-bond donors (Lipinski definition) is 1. The van der Waals surface area contributed by atoms with E-state index in [4.69, 9.17) is 14.5 Å². The highest BCUT2D eigenvalue weighted by Crippen LogP contribution is 2.51. The van der Waals surface area contributed by atoms with Crippen molar-refractivity contribution in [3.05, 3.63) is 34.4 Å². The van der Waals surface area contributed by atoms with Crippen LogP contribution in [0.15, 0.2) is 23.1 Å². The zero-order chi connectivity index (χ0) is 21.0. The molecule has 160 valence electrons. The van der Waals surface area contributed by atoms with E-state index in [0.717, 1.165) is 34.7 Å². The van der Waals surface area contributed by atoms with Gasteiger partial charge in [-0.15, -0.1) is 0 Å². The van der Waals surface area contributed by atoms with Gasteiger partial charge in [-0.25, -0.2) is 19.8 Å². The number of nitrogens with one attached hydrogen (secondary N) is 1. The summed E-state index contributed by atoms with van der Waals surface area (Å²) >= 11 is 0. The lowest BCUT2D eigenvalue weighted by Crippen LogP contribution is -2.26. The molecule has 1 unspecified atom stereocenters. The smallest absolute Gasteiger partial charge is 0.330 e. The van der Waals surface area contributed by atoms with Crippen molar-refractivity contribution in [2.45, 2.75) is 19.4 Å². The molecule has 30 heavy (non-hydrogen) atoms. The lowest BCUT2D eigenvalue weighted by atomic mass is 10.1. The molecular weight excluding hydrogens is 402 g/mol. The largest absolute Gasteiger partial charge is 0.486 e. The fourth-order valence-electron chi connectivity index (χ4n) is 4.32. The Balaban J connectivity index is 1.54. The van der Waals surface area contributed by atoms with Gasteiger partial charge in [-0.2, -0.15) is 4.98 Å². The monoisotopic (exact) mass is 429 g/mol. The van der Waals surface area contributed by atoms with E-state index in [1.54, 1.807) is 17.8 Å². The minimum atomic E-state index is -0.647. The van der Waals surface area contributed by atoms with Gasteiger partial charge in [0.1, 0.15) is 18.7 Å². The number of rotatable bonds is 3. The first-order chi connectivity index (χ1) is 14.3. The van der Waals surface area contributed by atoms with Gasteiger partial charge in [0.2, 0.25) is 5.95 Å². The van der Waals surface area contributed by atoms with Gasteiger partial charge in [-0.1, -0.05) is 0 Å². The average Bonchev–Trinajstić information content (AvgIpc) is 3.18. The van der Waals surface area contributed by atoms with Gasteiger partial charge in [-0.3, -0.25) is 9.13 Å². The molecule has 9 heteroatoms. The number of fused-ring (bicyclic) bond motifs is 2. The summed E-state index contributed by atoms with van der Waals surface area (Å²) in [6, 6.07) is 4.07. The Bertz CT molecular complexity index is 1200. The number of aryl methyl sites for hydroxylation is 2. The molecule has 5 rings (SSSR count). The molecule has 0 amide bonds. The first-order valence-electron chi connectivity index (χ1n) is 10.1. The topological polar surface area (TPSA) is 83.2 Å². The van der Waals surface area contributed by atoms with Crippen LogP contribution in [-0.4, -0.2) is 56.3 Å². The number of benzene rings is 1. The van der Waals surface area contributed by atoms with Crippen LogP contribution in [0, 0.1) is 6.92 Å². The van der Waals surface area contributed by atoms with Crippen LogP contribution in [0.25, 0.3) is 11.2 Å². The van der Waals surface area contributed by atoms with E-state index in [1.165, 1.54) is 5.75 Å². The Morgan fingerprint density at radius 3 is 2.63 bits per heavy atom. The molecule has 1 atom stereocenters. The van der Waals surface area contributed by atoms with Crippen LogP contribution in [0.5, 0.6) is 11.5 Å². The van der Waals surface area contributed by atoms with Crippen molar-refractivity contribution < 1.29 is 9.47 Å². The number of hydrogen-bond acceptors (Lipinski definition) is 6. The van der Waals surface area contributed by atoms with Crippen LogP contribution >= 0.6 is 10.0 Å². The number of anilines is 2. The van der Waals surface area contributed by atoms with Crippen molar-refractivity contribution in [1.29, 1.82) is 0 Å². The molecule has 8 nitrogen and oxygen atoms in total. The van der Waals surface area contributed by atoms with E-state index in [1.807, 2.05) is 23.6 Å². The van der Waals surface area contributed by atoms with Crippen LogP contribution < -0.4 is 20.5 Å². The Kier molecular flexibility index (Phi) is 4.46. The number of nitrogens with zero attached hydrogens (tertiary/aromatic N) is 4. The quantitative estimate of drug-likeness (QED) is 0.689. The van der Waals surface area contributed by atoms with E-state index in [-0.39, 0.29) is 11.7 Å². The first kappa shape index (κ1) is 19.3. The third kappa shape index (κ3) is 3.21. The van der Waals surface area contributed by atoms with Crippen LogP contribution in [0.3, 0.4) is 0 Å². The lowest BCUT2D eigenvalue weighted by Gasteiger charge is -2.24. The zero-order valence-corrected chi connectivity index (χ0v) is 18.6. The lowest BCUT2D eigenvalue weighted by molar-refractivity contribution is 0.171. The molecule has 0 radical (unpaired) electrons. The van der Waals surface area contributed by atoms with Gasteiger partial charge in [0.15, 0.2) is 17.1 Å².